The molecule has 26 heavy (non-hydrogen) atoms. The minimum Gasteiger partial charge on any atom is -0.378 e. The number of morpholine rings is 1. The van der Waals surface area contributed by atoms with Crippen molar-refractivity contribution in [3.05, 3.63) is 53.0 Å². The number of rotatable bonds is 3. The van der Waals surface area contributed by atoms with E-state index in [0.717, 1.165) is 26.4 Å². The smallest absolute Gasteiger partial charge is 0.254 e. The van der Waals surface area contributed by atoms with E-state index in [0.29, 0.717) is 38.3 Å². The summed E-state index contributed by atoms with van der Waals surface area (Å²) in [4.78, 5) is 18.8. The van der Waals surface area contributed by atoms with Crippen molar-refractivity contribution in [3.63, 3.8) is 0 Å². The van der Waals surface area contributed by atoms with Gasteiger partial charge in [0.2, 0.25) is 0 Å². The van der Waals surface area contributed by atoms with Crippen molar-refractivity contribution in [1.29, 1.82) is 5.26 Å². The molecule has 4 rings (SSSR count). The van der Waals surface area contributed by atoms with Gasteiger partial charge < -0.3 is 9.64 Å². The maximum atomic E-state index is 12.5. The molecular weight excluding hydrogens is 346 g/mol. The Labute approximate surface area is 155 Å². The molecule has 0 aliphatic carbocycles. The second kappa shape index (κ2) is 7.24. The fraction of sp³-hybridized carbons (Fsp3) is 0.250. The lowest BCUT2D eigenvalue weighted by molar-refractivity contribution is 0.0303. The lowest BCUT2D eigenvalue weighted by Gasteiger charge is -2.26. The van der Waals surface area contributed by atoms with Crippen molar-refractivity contribution >= 4 is 27.5 Å². The fourth-order valence-electron chi connectivity index (χ4n) is 3.05. The van der Waals surface area contributed by atoms with E-state index in [-0.39, 0.29) is 5.91 Å². The van der Waals surface area contributed by atoms with Crippen LogP contribution in [0.3, 0.4) is 0 Å². The van der Waals surface area contributed by atoms with Crippen LogP contribution in [0.5, 0.6) is 0 Å². The number of amides is 1. The fourth-order valence-corrected chi connectivity index (χ4v) is 3.99. The van der Waals surface area contributed by atoms with E-state index in [1.165, 1.54) is 0 Å². The van der Waals surface area contributed by atoms with Gasteiger partial charge in [-0.3, -0.25) is 4.79 Å². The van der Waals surface area contributed by atoms with Crippen molar-refractivity contribution in [2.75, 3.05) is 26.3 Å². The molecular formula is C20H17N3O2S. The summed E-state index contributed by atoms with van der Waals surface area (Å²) in [7, 11) is 0. The molecule has 0 N–H and O–H groups in total. The van der Waals surface area contributed by atoms with Crippen LogP contribution in [0.15, 0.2) is 42.5 Å². The molecule has 1 aliphatic heterocycles. The van der Waals surface area contributed by atoms with E-state index in [1.54, 1.807) is 11.3 Å². The van der Waals surface area contributed by atoms with Gasteiger partial charge in [-0.05, 0) is 35.4 Å². The van der Waals surface area contributed by atoms with E-state index in [4.69, 9.17) is 10.00 Å². The molecule has 2 heterocycles. The lowest BCUT2D eigenvalue weighted by atomic mass is 10.0. The van der Waals surface area contributed by atoms with Crippen LogP contribution in [0.1, 0.15) is 15.4 Å². The average molecular weight is 363 g/mol. The van der Waals surface area contributed by atoms with Gasteiger partial charge in [0.05, 0.1) is 35.9 Å². The average Bonchev–Trinajstić information content (AvgIpc) is 3.10. The summed E-state index contributed by atoms with van der Waals surface area (Å²) in [6.45, 7) is 2.50. The van der Waals surface area contributed by atoms with E-state index in [9.17, 15) is 4.79 Å². The van der Waals surface area contributed by atoms with Gasteiger partial charge >= 0.3 is 0 Å². The number of carbonyl (C=O) groups is 1. The Kier molecular flexibility index (Phi) is 4.65. The molecule has 1 aliphatic rings. The zero-order valence-electron chi connectivity index (χ0n) is 14.1. The third-order valence-corrected chi connectivity index (χ3v) is 5.44. The summed E-state index contributed by atoms with van der Waals surface area (Å²) in [5, 5.41) is 9.66. The van der Waals surface area contributed by atoms with Gasteiger partial charge in [-0.2, -0.15) is 5.26 Å². The maximum absolute atomic E-state index is 12.5. The highest BCUT2D eigenvalue weighted by atomic mass is 32.1. The van der Waals surface area contributed by atoms with Gasteiger partial charge in [-0.15, -0.1) is 11.3 Å². The van der Waals surface area contributed by atoms with Crippen LogP contribution < -0.4 is 0 Å². The number of aromatic nitrogens is 1. The van der Waals surface area contributed by atoms with Crippen LogP contribution in [0.4, 0.5) is 0 Å². The number of nitrogens with zero attached hydrogens (tertiary/aromatic N) is 3. The number of nitriles is 1. The quantitative estimate of drug-likeness (QED) is 0.714. The zero-order valence-corrected chi connectivity index (χ0v) is 15.0. The predicted octanol–water partition coefficient (Wildman–Crippen LogP) is 3.50. The molecule has 1 amide bonds. The summed E-state index contributed by atoms with van der Waals surface area (Å²) >= 11 is 1.55. The summed E-state index contributed by atoms with van der Waals surface area (Å²) in [6.07, 6.45) is 0.340. The van der Waals surface area contributed by atoms with Crippen molar-refractivity contribution in [2.24, 2.45) is 0 Å². The van der Waals surface area contributed by atoms with Crippen LogP contribution >= 0.6 is 11.3 Å². The lowest BCUT2D eigenvalue weighted by Crippen LogP contribution is -2.40. The standard InChI is InChI=1S/C20H17N3O2S/c21-8-7-19-22-17-6-5-16(13-18(17)26-19)14-1-3-15(4-2-14)20(24)23-9-11-25-12-10-23/h1-6,13H,7,9-12H2. The normalized spacial score (nSPS) is 14.3. The number of carbonyl (C=O) groups excluding carboxylic acids is 1. The molecule has 130 valence electrons. The second-order valence-corrected chi connectivity index (χ2v) is 7.22. The van der Waals surface area contributed by atoms with E-state index < -0.39 is 0 Å². The first kappa shape index (κ1) is 16.7. The molecule has 0 unspecified atom stereocenters. The largest absolute Gasteiger partial charge is 0.378 e. The third-order valence-electron chi connectivity index (χ3n) is 4.43. The highest BCUT2D eigenvalue weighted by Crippen LogP contribution is 2.28. The molecule has 1 saturated heterocycles. The van der Waals surface area contributed by atoms with Crippen LogP contribution in [0.25, 0.3) is 21.3 Å². The first-order chi connectivity index (χ1) is 12.7. The molecule has 0 saturated carbocycles. The van der Waals surface area contributed by atoms with E-state index in [2.05, 4.69) is 17.1 Å². The van der Waals surface area contributed by atoms with Gasteiger partial charge in [-0.1, -0.05) is 18.2 Å². The zero-order chi connectivity index (χ0) is 17.9. The van der Waals surface area contributed by atoms with Crippen molar-refractivity contribution in [3.8, 4) is 17.2 Å². The Morgan fingerprint density at radius 1 is 1.15 bits per heavy atom. The molecule has 1 fully saturated rings. The van der Waals surface area contributed by atoms with E-state index >= 15 is 0 Å². The predicted molar refractivity (Wildman–Crippen MR) is 101 cm³/mol. The van der Waals surface area contributed by atoms with Gasteiger partial charge in [0.25, 0.3) is 5.91 Å². The first-order valence-electron chi connectivity index (χ1n) is 8.48. The highest BCUT2D eigenvalue weighted by Gasteiger charge is 2.18. The Morgan fingerprint density at radius 2 is 1.88 bits per heavy atom. The Bertz CT molecular complexity index is 982. The van der Waals surface area contributed by atoms with Gasteiger partial charge in [-0.25, -0.2) is 4.98 Å². The molecule has 0 radical (unpaired) electrons. The van der Waals surface area contributed by atoms with E-state index in [1.807, 2.05) is 41.3 Å². The first-order valence-corrected chi connectivity index (χ1v) is 9.30. The number of hydrogen-bond acceptors (Lipinski definition) is 5. The molecule has 1 aromatic heterocycles. The second-order valence-electron chi connectivity index (χ2n) is 6.11. The number of benzene rings is 2. The highest BCUT2D eigenvalue weighted by molar-refractivity contribution is 7.18. The van der Waals surface area contributed by atoms with Crippen molar-refractivity contribution < 1.29 is 9.53 Å². The minimum atomic E-state index is 0.0545. The van der Waals surface area contributed by atoms with Crippen LogP contribution in [-0.4, -0.2) is 42.1 Å². The minimum absolute atomic E-state index is 0.0545. The third kappa shape index (κ3) is 3.32. The molecule has 0 spiro atoms. The molecule has 0 bridgehead atoms. The number of fused-ring (bicyclic) bond motifs is 1. The molecule has 0 atom stereocenters. The number of hydrogen-bond donors (Lipinski definition) is 0. The van der Waals surface area contributed by atoms with Crippen LogP contribution in [-0.2, 0) is 11.2 Å². The molecule has 6 heteroatoms. The van der Waals surface area contributed by atoms with Gasteiger partial charge in [0, 0.05) is 18.7 Å². The van der Waals surface area contributed by atoms with Crippen molar-refractivity contribution in [1.82, 2.24) is 9.88 Å². The van der Waals surface area contributed by atoms with Gasteiger partial charge in [0.15, 0.2) is 0 Å². The van der Waals surface area contributed by atoms with Crippen LogP contribution in [0.2, 0.25) is 0 Å². The summed E-state index contributed by atoms with van der Waals surface area (Å²) < 4.78 is 6.37. The molecule has 5 nitrogen and oxygen atoms in total. The number of ether oxygens (including phenoxy) is 1. The van der Waals surface area contributed by atoms with Crippen LogP contribution in [0, 0.1) is 11.3 Å². The summed E-state index contributed by atoms with van der Waals surface area (Å²) in [5.74, 6) is 0.0545. The Balaban J connectivity index is 1.57. The molecule has 2 aromatic carbocycles. The summed E-state index contributed by atoms with van der Waals surface area (Å²) in [6, 6.07) is 16.0. The monoisotopic (exact) mass is 363 g/mol. The molecule has 3 aromatic rings. The number of thiazole rings is 1. The Morgan fingerprint density at radius 3 is 2.62 bits per heavy atom. The topological polar surface area (TPSA) is 66.2 Å². The Hall–Kier alpha value is -2.75. The summed E-state index contributed by atoms with van der Waals surface area (Å²) in [5.41, 5.74) is 3.75. The SMILES string of the molecule is N#CCc1nc2ccc(-c3ccc(C(=O)N4CCOCC4)cc3)cc2s1. The maximum Gasteiger partial charge on any atom is 0.254 e. The van der Waals surface area contributed by atoms with Gasteiger partial charge in [0.1, 0.15) is 5.01 Å². The van der Waals surface area contributed by atoms with Crippen molar-refractivity contribution in [2.45, 2.75) is 6.42 Å².